The van der Waals surface area contributed by atoms with Gasteiger partial charge in [0.1, 0.15) is 10.8 Å². The fourth-order valence-electron chi connectivity index (χ4n) is 2.45. The van der Waals surface area contributed by atoms with Crippen molar-refractivity contribution in [2.75, 3.05) is 5.32 Å². The molecule has 2 aromatic heterocycles. The molecule has 1 amide bonds. The van der Waals surface area contributed by atoms with Crippen LogP contribution in [0.3, 0.4) is 0 Å². The number of ether oxygens (including phenoxy) is 1. The molecular weight excluding hydrogens is 378 g/mol. The third kappa shape index (κ3) is 4.04. The zero-order valence-corrected chi connectivity index (χ0v) is 15.6. The second kappa shape index (κ2) is 7.97. The molecule has 0 aliphatic heterocycles. The van der Waals surface area contributed by atoms with Crippen LogP contribution in [0.1, 0.15) is 21.3 Å². The first-order valence-corrected chi connectivity index (χ1v) is 9.22. The van der Waals surface area contributed by atoms with E-state index in [0.29, 0.717) is 28.2 Å². The van der Waals surface area contributed by atoms with E-state index in [1.807, 2.05) is 37.3 Å². The Hall–Kier alpha value is -3.59. The van der Waals surface area contributed by atoms with Crippen molar-refractivity contribution in [2.24, 2.45) is 0 Å². The summed E-state index contributed by atoms with van der Waals surface area (Å²) >= 11 is 1.30. The highest BCUT2D eigenvalue weighted by Gasteiger charge is 2.16. The molecule has 0 unspecified atom stereocenters. The number of benzene rings is 2. The van der Waals surface area contributed by atoms with Crippen molar-refractivity contribution in [1.82, 2.24) is 20.3 Å². The largest absolute Gasteiger partial charge is 0.483 e. The van der Waals surface area contributed by atoms with Crippen LogP contribution in [0.25, 0.3) is 11.4 Å². The van der Waals surface area contributed by atoms with Crippen molar-refractivity contribution in [2.45, 2.75) is 13.5 Å². The van der Waals surface area contributed by atoms with Gasteiger partial charge in [-0.15, -0.1) is 10.2 Å². The molecular formula is C19H15N5O3S. The van der Waals surface area contributed by atoms with E-state index in [1.165, 1.54) is 11.3 Å². The van der Waals surface area contributed by atoms with Crippen LogP contribution >= 0.6 is 11.3 Å². The maximum Gasteiger partial charge on any atom is 0.264 e. The molecule has 9 heteroatoms. The zero-order valence-electron chi connectivity index (χ0n) is 14.8. The zero-order chi connectivity index (χ0) is 19.3. The summed E-state index contributed by atoms with van der Waals surface area (Å²) in [6.07, 6.45) is 0. The number of nitrogens with zero attached hydrogens (tertiary/aromatic N) is 4. The highest BCUT2D eigenvalue weighted by molar-refractivity contribution is 7.15. The summed E-state index contributed by atoms with van der Waals surface area (Å²) in [4.78, 5) is 16.9. The number of rotatable bonds is 6. The van der Waals surface area contributed by atoms with Crippen molar-refractivity contribution < 1.29 is 14.1 Å². The molecule has 0 bridgehead atoms. The van der Waals surface area contributed by atoms with Crippen LogP contribution in [0.2, 0.25) is 0 Å². The smallest absolute Gasteiger partial charge is 0.264 e. The summed E-state index contributed by atoms with van der Waals surface area (Å²) < 4.78 is 11.0. The van der Waals surface area contributed by atoms with Crippen molar-refractivity contribution in [1.29, 1.82) is 0 Å². The molecule has 0 radical (unpaired) electrons. The van der Waals surface area contributed by atoms with Gasteiger partial charge in [-0.05, 0) is 19.1 Å². The van der Waals surface area contributed by atoms with Crippen LogP contribution in [-0.2, 0) is 6.61 Å². The molecule has 0 atom stereocenters. The van der Waals surface area contributed by atoms with Crippen molar-refractivity contribution in [3.8, 4) is 17.1 Å². The third-order valence-electron chi connectivity index (χ3n) is 3.73. The average Bonchev–Trinajstić information content (AvgIpc) is 3.36. The Bertz CT molecular complexity index is 1090. The van der Waals surface area contributed by atoms with Gasteiger partial charge in [0.15, 0.2) is 6.61 Å². The Morgan fingerprint density at radius 3 is 2.68 bits per heavy atom. The normalized spacial score (nSPS) is 10.6. The second-order valence-electron chi connectivity index (χ2n) is 5.74. The average molecular weight is 393 g/mol. The summed E-state index contributed by atoms with van der Waals surface area (Å²) in [5.41, 5.74) is 1.22. The molecule has 8 nitrogen and oxygen atoms in total. The first kappa shape index (κ1) is 17.8. The number of nitrogens with one attached hydrogen (secondary N) is 1. The number of hydrogen-bond donors (Lipinski definition) is 1. The number of hydrogen-bond acceptors (Lipinski definition) is 8. The van der Waals surface area contributed by atoms with Gasteiger partial charge in [-0.3, -0.25) is 10.1 Å². The molecule has 0 saturated carbocycles. The molecule has 0 aliphatic rings. The predicted molar refractivity (Wildman–Crippen MR) is 103 cm³/mol. The lowest BCUT2D eigenvalue weighted by Gasteiger charge is -2.09. The quantitative estimate of drug-likeness (QED) is 0.532. The van der Waals surface area contributed by atoms with Crippen LogP contribution < -0.4 is 10.1 Å². The van der Waals surface area contributed by atoms with E-state index in [0.717, 1.165) is 10.6 Å². The number of amides is 1. The maximum absolute atomic E-state index is 12.5. The van der Waals surface area contributed by atoms with Gasteiger partial charge in [0.05, 0.1) is 5.56 Å². The summed E-state index contributed by atoms with van der Waals surface area (Å²) in [5, 5.41) is 15.7. The maximum atomic E-state index is 12.5. The summed E-state index contributed by atoms with van der Waals surface area (Å²) in [7, 11) is 0. The number of para-hydroxylation sites is 1. The highest BCUT2D eigenvalue weighted by Crippen LogP contribution is 2.22. The fourth-order valence-corrected chi connectivity index (χ4v) is 3.04. The van der Waals surface area contributed by atoms with Crippen LogP contribution in [0.4, 0.5) is 5.13 Å². The number of aromatic nitrogens is 4. The Balaban J connectivity index is 1.46. The van der Waals surface area contributed by atoms with Gasteiger partial charge in [0.25, 0.3) is 11.8 Å². The first-order valence-electron chi connectivity index (χ1n) is 8.40. The summed E-state index contributed by atoms with van der Waals surface area (Å²) in [6.45, 7) is 1.86. The van der Waals surface area contributed by atoms with Crippen LogP contribution in [0.5, 0.6) is 5.75 Å². The summed E-state index contributed by atoms with van der Waals surface area (Å²) in [6, 6.07) is 16.4. The topological polar surface area (TPSA) is 103 Å². The van der Waals surface area contributed by atoms with E-state index in [1.54, 1.807) is 24.3 Å². The third-order valence-corrected chi connectivity index (χ3v) is 4.48. The van der Waals surface area contributed by atoms with Gasteiger partial charge >= 0.3 is 0 Å². The SMILES string of the molecule is Cc1nnc(NC(=O)c2ccccc2OCc2nc(-c3ccccc3)no2)s1. The van der Waals surface area contributed by atoms with Gasteiger partial charge < -0.3 is 9.26 Å². The van der Waals surface area contributed by atoms with E-state index < -0.39 is 0 Å². The lowest BCUT2D eigenvalue weighted by Crippen LogP contribution is -2.13. The Morgan fingerprint density at radius 2 is 1.89 bits per heavy atom. The number of aryl methyl sites for hydroxylation is 1. The standard InChI is InChI=1S/C19H15N5O3S/c1-12-22-23-19(28-12)21-18(25)14-9-5-6-10-15(14)26-11-16-20-17(24-27-16)13-7-3-2-4-8-13/h2-10H,11H2,1H3,(H,21,23,25). The highest BCUT2D eigenvalue weighted by atomic mass is 32.1. The van der Waals surface area contributed by atoms with Gasteiger partial charge in [-0.1, -0.05) is 59.0 Å². The van der Waals surface area contributed by atoms with E-state index in [2.05, 4.69) is 25.7 Å². The van der Waals surface area contributed by atoms with E-state index in [4.69, 9.17) is 9.26 Å². The number of carbonyl (C=O) groups is 1. The van der Waals surface area contributed by atoms with Crippen LogP contribution in [-0.4, -0.2) is 26.2 Å². The Labute approximate surface area is 164 Å². The molecule has 0 aliphatic carbocycles. The van der Waals surface area contributed by atoms with E-state index in [9.17, 15) is 4.79 Å². The molecule has 4 rings (SSSR count). The van der Waals surface area contributed by atoms with Gasteiger partial charge in [-0.25, -0.2) is 0 Å². The van der Waals surface area contributed by atoms with Crippen LogP contribution in [0, 0.1) is 6.92 Å². The first-order chi connectivity index (χ1) is 13.7. The molecule has 2 heterocycles. The Morgan fingerprint density at radius 1 is 1.11 bits per heavy atom. The predicted octanol–water partition coefficient (Wildman–Crippen LogP) is 3.73. The Kier molecular flexibility index (Phi) is 5.07. The lowest BCUT2D eigenvalue weighted by molar-refractivity contribution is 0.102. The van der Waals surface area contributed by atoms with Crippen molar-refractivity contribution in [3.63, 3.8) is 0 Å². The minimum absolute atomic E-state index is 0.0437. The van der Waals surface area contributed by atoms with E-state index >= 15 is 0 Å². The summed E-state index contributed by atoms with van der Waals surface area (Å²) in [5.74, 6) is 0.869. The molecule has 0 saturated heterocycles. The molecule has 0 spiro atoms. The lowest BCUT2D eigenvalue weighted by atomic mass is 10.2. The van der Waals surface area contributed by atoms with Crippen molar-refractivity contribution in [3.05, 3.63) is 71.1 Å². The number of carbonyl (C=O) groups excluding carboxylic acids is 1. The molecule has 0 fully saturated rings. The van der Waals surface area contributed by atoms with Crippen molar-refractivity contribution >= 4 is 22.4 Å². The van der Waals surface area contributed by atoms with Crippen LogP contribution in [0.15, 0.2) is 59.1 Å². The molecule has 28 heavy (non-hydrogen) atoms. The molecule has 4 aromatic rings. The molecule has 2 aromatic carbocycles. The van der Waals surface area contributed by atoms with Gasteiger partial charge in [0.2, 0.25) is 11.0 Å². The monoisotopic (exact) mass is 393 g/mol. The molecule has 140 valence electrons. The fraction of sp³-hybridized carbons (Fsp3) is 0.105. The second-order valence-corrected chi connectivity index (χ2v) is 6.92. The van der Waals surface area contributed by atoms with Gasteiger partial charge in [-0.2, -0.15) is 4.98 Å². The minimum Gasteiger partial charge on any atom is -0.483 e. The van der Waals surface area contributed by atoms with E-state index in [-0.39, 0.29) is 12.5 Å². The van der Waals surface area contributed by atoms with Gasteiger partial charge in [0, 0.05) is 5.56 Å². The minimum atomic E-state index is -0.331. The molecule has 1 N–H and O–H groups in total. The number of anilines is 1.